The van der Waals surface area contributed by atoms with Crippen LogP contribution in [-0.2, 0) is 38.5 Å². The number of benzene rings is 3. The summed E-state index contributed by atoms with van der Waals surface area (Å²) >= 11 is 3.47. The first-order valence-electron chi connectivity index (χ1n) is 26.5. The SMILES string of the molecule is CC(=O)O[C@@H]1C[C@H](c2nc(Br)c3cnc4c(ccn4S(=O)(=O)c4ccc(C)cc4)n23)N(C(C)=O)C1.CNc1ccc(-c2nc([C@H]3C[C@@H](O)CN3C(C)=O)n3c2cnc2[nH]ccc23)cc1.CNc1ccc(B2OC(C)(C)C(C)(C)O2)cc1. The van der Waals surface area contributed by atoms with E-state index in [1.807, 2.05) is 81.8 Å². The van der Waals surface area contributed by atoms with E-state index < -0.39 is 34.2 Å². The van der Waals surface area contributed by atoms with Crippen LogP contribution in [0.15, 0.2) is 119 Å². The third-order valence-electron chi connectivity index (χ3n) is 15.5. The maximum atomic E-state index is 13.4. The van der Waals surface area contributed by atoms with Crippen molar-refractivity contribution < 1.29 is 42.0 Å². The second kappa shape index (κ2) is 22.0. The molecule has 24 heteroatoms. The lowest BCUT2D eigenvalue weighted by molar-refractivity contribution is -0.146. The molecule has 0 unspecified atom stereocenters. The summed E-state index contributed by atoms with van der Waals surface area (Å²) in [6, 6.07) is 25.6. The number of nitrogens with zero attached hydrogens (tertiary/aromatic N) is 9. The highest BCUT2D eigenvalue weighted by Crippen LogP contribution is 2.40. The number of anilines is 2. The van der Waals surface area contributed by atoms with Gasteiger partial charge in [0, 0.05) is 83.6 Å². The summed E-state index contributed by atoms with van der Waals surface area (Å²) in [6.45, 7) is 15.0. The maximum absolute atomic E-state index is 13.4. The third kappa shape index (κ3) is 10.8. The number of β-amino-alcohol motifs (C(OH)–C–C–N with tert-alkyl or cyclic N) is 1. The van der Waals surface area contributed by atoms with E-state index in [-0.39, 0.29) is 53.3 Å². The molecule has 6 aromatic heterocycles. The lowest BCUT2D eigenvalue weighted by atomic mass is 9.79. The Morgan fingerprint density at radius 3 is 1.94 bits per heavy atom. The Hall–Kier alpha value is -7.64. The van der Waals surface area contributed by atoms with Gasteiger partial charge in [-0.3, -0.25) is 23.2 Å². The van der Waals surface area contributed by atoms with Crippen molar-refractivity contribution in [2.24, 2.45) is 0 Å². The number of halogens is 1. The molecule has 0 saturated carbocycles. The molecule has 4 atom stereocenters. The van der Waals surface area contributed by atoms with E-state index in [0.29, 0.717) is 40.8 Å². The molecular weight excluding hydrogens is 1120 g/mol. The Kier molecular flexibility index (Phi) is 15.4. The number of aromatic amines is 1. The lowest BCUT2D eigenvalue weighted by Gasteiger charge is -2.32. The van der Waals surface area contributed by atoms with Crippen molar-refractivity contribution in [3.05, 3.63) is 132 Å². The maximum Gasteiger partial charge on any atom is 0.494 e. The monoisotopic (exact) mass is 1180 g/mol. The van der Waals surface area contributed by atoms with Gasteiger partial charge in [-0.2, -0.15) is 0 Å². The quantitative estimate of drug-likeness (QED) is 0.0795. The number of ether oxygens (including phenoxy) is 1. The Balaban J connectivity index is 0.000000144. The van der Waals surface area contributed by atoms with E-state index in [1.54, 1.807) is 56.9 Å². The number of aryl methyl sites for hydroxylation is 1. The van der Waals surface area contributed by atoms with Crippen molar-refractivity contribution in [3.8, 4) is 11.3 Å². The van der Waals surface area contributed by atoms with Crippen molar-refractivity contribution in [3.63, 3.8) is 0 Å². The molecule has 0 spiro atoms. The summed E-state index contributed by atoms with van der Waals surface area (Å²) < 4.78 is 49.6. The van der Waals surface area contributed by atoms with Gasteiger partial charge in [-0.1, -0.05) is 42.0 Å². The number of fused-ring (bicyclic) bond motifs is 6. The van der Waals surface area contributed by atoms with Gasteiger partial charge in [-0.25, -0.2) is 32.3 Å². The highest BCUT2D eigenvalue weighted by molar-refractivity contribution is 9.10. The molecule has 0 bridgehead atoms. The normalized spacial score (nSPS) is 19.4. The number of aliphatic hydroxyl groups is 1. The minimum atomic E-state index is -3.89. The number of amides is 2. The number of aliphatic hydroxyl groups excluding tert-OH is 1. The van der Waals surface area contributed by atoms with Crippen LogP contribution in [0, 0.1) is 6.92 Å². The summed E-state index contributed by atoms with van der Waals surface area (Å²) in [5.41, 5.74) is 9.23. The second-order valence-corrected chi connectivity index (χ2v) is 24.0. The molecule has 3 saturated heterocycles. The number of hydrogen-bond acceptors (Lipinski definition) is 15. The van der Waals surface area contributed by atoms with Gasteiger partial charge in [-0.15, -0.1) is 0 Å². The number of aromatic nitrogens is 8. The average Bonchev–Trinajstić information content (AvgIpc) is 4.39. The van der Waals surface area contributed by atoms with Gasteiger partial charge in [0.15, 0.2) is 11.3 Å². The van der Waals surface area contributed by atoms with Crippen LogP contribution in [0.4, 0.5) is 11.4 Å². The molecule has 3 aliphatic heterocycles. The first kappa shape index (κ1) is 56.6. The Morgan fingerprint density at radius 1 is 0.741 bits per heavy atom. The predicted molar refractivity (Wildman–Crippen MR) is 313 cm³/mol. The predicted octanol–water partition coefficient (Wildman–Crippen LogP) is 7.82. The number of hydrogen-bond donors (Lipinski definition) is 4. The zero-order valence-corrected chi connectivity index (χ0v) is 49.0. The van der Waals surface area contributed by atoms with E-state index in [9.17, 15) is 27.9 Å². The number of carbonyl (C=O) groups is 3. The van der Waals surface area contributed by atoms with Gasteiger partial charge in [0.05, 0.1) is 81.0 Å². The number of likely N-dealkylation sites (tertiary alicyclic amines) is 2. The Morgan fingerprint density at radius 2 is 1.32 bits per heavy atom. The lowest BCUT2D eigenvalue weighted by Crippen LogP contribution is -2.41. The van der Waals surface area contributed by atoms with Crippen LogP contribution in [0.5, 0.6) is 0 Å². The smallest absolute Gasteiger partial charge is 0.461 e. The van der Waals surface area contributed by atoms with Gasteiger partial charge >= 0.3 is 13.1 Å². The molecule has 422 valence electrons. The average molecular weight is 1180 g/mol. The van der Waals surface area contributed by atoms with Crippen LogP contribution >= 0.6 is 15.9 Å². The number of carbonyl (C=O) groups excluding carboxylic acids is 3. The Labute approximate surface area is 477 Å². The first-order valence-corrected chi connectivity index (χ1v) is 28.7. The zero-order valence-electron chi connectivity index (χ0n) is 46.6. The molecule has 0 radical (unpaired) electrons. The van der Waals surface area contributed by atoms with Crippen LogP contribution in [0.1, 0.15) is 90.6 Å². The van der Waals surface area contributed by atoms with E-state index in [4.69, 9.17) is 19.0 Å². The summed E-state index contributed by atoms with van der Waals surface area (Å²) in [4.78, 5) is 61.4. The molecule has 12 rings (SSSR count). The molecule has 81 heavy (non-hydrogen) atoms. The highest BCUT2D eigenvalue weighted by Gasteiger charge is 2.51. The van der Waals surface area contributed by atoms with Crippen molar-refractivity contribution in [2.75, 3.05) is 37.8 Å². The molecule has 3 aromatic carbocycles. The standard InChI is InChI=1S/C23H22BrN5O5S.C21H22N6O2.C13H20BNO2/c1-13-4-6-17(7-5-13)35(32,33)28-9-8-18-22(28)25-11-20-21(24)26-23(29(18)20)19-10-16(34-15(3)31)12-27(19)14(2)30;1-12(28)26-11-15(29)9-17(26)21-25-19(13-3-5-14(22-2)6-4-13)18-10-24-20-16(27(18)21)7-8-23-20;1-12(2)13(3,4)17-14(16-12)10-6-8-11(15-5)9-7-10/h4-9,11,16,19H,10,12H2,1-3H3;3-8,10,15,17,22-23,29H,9,11H2,1-2H3;6-9,15H,1-5H3/t16-,19-;15-,17-;/m11./s1. The Bertz CT molecular complexity index is 3940. The van der Waals surface area contributed by atoms with Crippen LogP contribution in [0.2, 0.25) is 0 Å². The molecule has 3 fully saturated rings. The number of rotatable bonds is 9. The zero-order chi connectivity index (χ0) is 57.9. The number of imidazole rings is 2. The fourth-order valence-electron chi connectivity index (χ4n) is 10.6. The van der Waals surface area contributed by atoms with E-state index >= 15 is 0 Å². The van der Waals surface area contributed by atoms with Gasteiger partial charge < -0.3 is 44.6 Å². The second-order valence-electron chi connectivity index (χ2n) is 21.4. The molecular formula is C57H64BBrN12O9S. The first-order chi connectivity index (χ1) is 38.5. The van der Waals surface area contributed by atoms with Gasteiger partial charge in [0.2, 0.25) is 11.8 Å². The highest BCUT2D eigenvalue weighted by atomic mass is 79.9. The van der Waals surface area contributed by atoms with Gasteiger partial charge in [0.1, 0.15) is 22.4 Å². The van der Waals surface area contributed by atoms with Crippen molar-refractivity contribution >= 4 is 101 Å². The fraction of sp³-hybridized carbons (Fsp3) is 0.351. The molecule has 0 aliphatic carbocycles. The fourth-order valence-corrected chi connectivity index (χ4v) is 12.3. The minimum Gasteiger partial charge on any atom is -0.461 e. The largest absolute Gasteiger partial charge is 0.494 e. The number of nitrogens with one attached hydrogen (secondary N) is 3. The minimum absolute atomic E-state index is 0.0670. The molecule has 4 N–H and O–H groups in total. The van der Waals surface area contributed by atoms with E-state index in [2.05, 4.69) is 78.6 Å². The molecule has 9 aromatic rings. The van der Waals surface area contributed by atoms with Crippen LogP contribution in [-0.4, -0.2) is 137 Å². The van der Waals surface area contributed by atoms with E-state index in [1.165, 1.54) is 27.0 Å². The van der Waals surface area contributed by atoms with Crippen molar-refractivity contribution in [2.45, 2.75) is 109 Å². The van der Waals surface area contributed by atoms with Gasteiger partial charge in [0.25, 0.3) is 10.0 Å². The molecule has 2 amide bonds. The third-order valence-corrected chi connectivity index (χ3v) is 17.7. The van der Waals surface area contributed by atoms with Crippen molar-refractivity contribution in [1.82, 2.24) is 47.5 Å². The number of esters is 1. The van der Waals surface area contributed by atoms with Crippen LogP contribution in [0.3, 0.4) is 0 Å². The molecule has 9 heterocycles. The van der Waals surface area contributed by atoms with Crippen LogP contribution < -0.4 is 16.1 Å². The topological polar surface area (TPSA) is 245 Å². The summed E-state index contributed by atoms with van der Waals surface area (Å²) in [6.07, 6.45) is 6.47. The molecule has 3 aliphatic rings. The van der Waals surface area contributed by atoms with Crippen molar-refractivity contribution in [1.29, 1.82) is 0 Å². The summed E-state index contributed by atoms with van der Waals surface area (Å²) in [7, 11) is -0.376. The number of H-pyrrole nitrogens is 1. The van der Waals surface area contributed by atoms with Gasteiger partial charge in [-0.05, 0) is 105 Å². The summed E-state index contributed by atoms with van der Waals surface area (Å²) in [5.74, 6) is 0.601. The summed E-state index contributed by atoms with van der Waals surface area (Å²) in [5, 5.41) is 16.5. The van der Waals surface area contributed by atoms with E-state index in [0.717, 1.165) is 60.1 Å². The molecule has 21 nitrogen and oxygen atoms in total. The van der Waals surface area contributed by atoms with Crippen LogP contribution in [0.25, 0.3) is 44.6 Å².